The van der Waals surface area contributed by atoms with Crippen LogP contribution in [0.3, 0.4) is 0 Å². The van der Waals surface area contributed by atoms with Gasteiger partial charge in [0.2, 0.25) is 5.91 Å². The van der Waals surface area contributed by atoms with Gasteiger partial charge in [-0.15, -0.1) is 0 Å². The van der Waals surface area contributed by atoms with Crippen LogP contribution in [0.1, 0.15) is 40.5 Å². The Morgan fingerprint density at radius 2 is 1.83 bits per heavy atom. The Morgan fingerprint density at radius 1 is 1.22 bits per heavy atom. The standard InChI is InChI=1S/C16H19BrN2O4/c1-10(20)18-9-11-2-4-19(5-3-11)15(21)12-6-13(16(22)23)8-14(17)7-12/h6-8,11H,2-5,9H2,1H3,(H,18,20)(H,22,23). The molecule has 0 saturated carbocycles. The van der Waals surface area contributed by atoms with Gasteiger partial charge >= 0.3 is 5.97 Å². The monoisotopic (exact) mass is 382 g/mol. The molecular weight excluding hydrogens is 364 g/mol. The van der Waals surface area contributed by atoms with Crippen LogP contribution in [0.4, 0.5) is 0 Å². The lowest BCUT2D eigenvalue weighted by atomic mass is 9.96. The molecule has 124 valence electrons. The van der Waals surface area contributed by atoms with E-state index in [4.69, 9.17) is 5.11 Å². The van der Waals surface area contributed by atoms with Gasteiger partial charge < -0.3 is 15.3 Å². The van der Waals surface area contributed by atoms with Crippen molar-refractivity contribution in [1.82, 2.24) is 10.2 Å². The van der Waals surface area contributed by atoms with E-state index in [1.807, 2.05) is 0 Å². The van der Waals surface area contributed by atoms with E-state index in [1.54, 1.807) is 11.0 Å². The number of carboxylic acid groups (broad SMARTS) is 1. The van der Waals surface area contributed by atoms with Gasteiger partial charge in [0.1, 0.15) is 0 Å². The Hall–Kier alpha value is -1.89. The molecule has 2 N–H and O–H groups in total. The molecule has 2 rings (SSSR count). The van der Waals surface area contributed by atoms with Crippen molar-refractivity contribution in [3.63, 3.8) is 0 Å². The fraction of sp³-hybridized carbons (Fsp3) is 0.438. The predicted molar refractivity (Wildman–Crippen MR) is 88.4 cm³/mol. The van der Waals surface area contributed by atoms with Crippen molar-refractivity contribution in [2.75, 3.05) is 19.6 Å². The van der Waals surface area contributed by atoms with Gasteiger partial charge in [-0.25, -0.2) is 4.79 Å². The highest BCUT2D eigenvalue weighted by molar-refractivity contribution is 9.10. The van der Waals surface area contributed by atoms with E-state index in [0.29, 0.717) is 35.6 Å². The molecule has 0 unspecified atom stereocenters. The summed E-state index contributed by atoms with van der Waals surface area (Å²) in [6.45, 7) is 3.35. The molecule has 23 heavy (non-hydrogen) atoms. The molecule has 0 atom stereocenters. The van der Waals surface area contributed by atoms with E-state index in [0.717, 1.165) is 12.8 Å². The summed E-state index contributed by atoms with van der Waals surface area (Å²) in [5.74, 6) is -0.889. The van der Waals surface area contributed by atoms with Gasteiger partial charge in [-0.3, -0.25) is 9.59 Å². The number of amides is 2. The number of carboxylic acids is 1. The first-order chi connectivity index (χ1) is 10.9. The minimum atomic E-state index is -1.06. The van der Waals surface area contributed by atoms with Crippen molar-refractivity contribution in [3.05, 3.63) is 33.8 Å². The van der Waals surface area contributed by atoms with Crippen LogP contribution in [0.15, 0.2) is 22.7 Å². The van der Waals surface area contributed by atoms with Gasteiger partial charge in [-0.05, 0) is 37.0 Å². The number of rotatable bonds is 4. The number of carbonyl (C=O) groups is 3. The Labute approximate surface area is 143 Å². The summed E-state index contributed by atoms with van der Waals surface area (Å²) in [5.41, 5.74) is 0.459. The van der Waals surface area contributed by atoms with E-state index in [9.17, 15) is 14.4 Å². The summed E-state index contributed by atoms with van der Waals surface area (Å²) in [7, 11) is 0. The maximum absolute atomic E-state index is 12.5. The summed E-state index contributed by atoms with van der Waals surface area (Å²) >= 11 is 3.24. The first kappa shape index (κ1) is 17.5. The lowest BCUT2D eigenvalue weighted by Gasteiger charge is -2.32. The summed E-state index contributed by atoms with van der Waals surface area (Å²) < 4.78 is 0.571. The van der Waals surface area contributed by atoms with Crippen LogP contribution in [0.5, 0.6) is 0 Å². The number of piperidine rings is 1. The molecule has 0 spiro atoms. The first-order valence-electron chi connectivity index (χ1n) is 7.44. The third-order valence-electron chi connectivity index (χ3n) is 3.93. The number of benzene rings is 1. The average molecular weight is 383 g/mol. The van der Waals surface area contributed by atoms with E-state index in [-0.39, 0.29) is 17.4 Å². The lowest BCUT2D eigenvalue weighted by Crippen LogP contribution is -2.41. The van der Waals surface area contributed by atoms with Crippen molar-refractivity contribution in [2.45, 2.75) is 19.8 Å². The van der Waals surface area contributed by atoms with Gasteiger partial charge in [-0.1, -0.05) is 15.9 Å². The van der Waals surface area contributed by atoms with E-state index in [2.05, 4.69) is 21.2 Å². The van der Waals surface area contributed by atoms with E-state index < -0.39 is 5.97 Å². The van der Waals surface area contributed by atoms with Gasteiger partial charge in [0.25, 0.3) is 5.91 Å². The van der Waals surface area contributed by atoms with Gasteiger partial charge in [0.05, 0.1) is 5.56 Å². The van der Waals surface area contributed by atoms with Crippen LogP contribution in [-0.2, 0) is 4.79 Å². The summed E-state index contributed by atoms with van der Waals surface area (Å²) in [6.07, 6.45) is 1.65. The maximum Gasteiger partial charge on any atom is 0.335 e. The molecule has 1 heterocycles. The maximum atomic E-state index is 12.5. The second-order valence-corrected chi connectivity index (χ2v) is 6.62. The number of likely N-dealkylation sites (tertiary alicyclic amines) is 1. The van der Waals surface area contributed by atoms with Crippen molar-refractivity contribution < 1.29 is 19.5 Å². The molecule has 1 fully saturated rings. The first-order valence-corrected chi connectivity index (χ1v) is 8.23. The Bertz CT molecular complexity index is 625. The largest absolute Gasteiger partial charge is 0.478 e. The zero-order chi connectivity index (χ0) is 17.0. The lowest BCUT2D eigenvalue weighted by molar-refractivity contribution is -0.119. The average Bonchev–Trinajstić information content (AvgIpc) is 2.52. The predicted octanol–water partition coefficient (Wildman–Crippen LogP) is 2.14. The highest BCUT2D eigenvalue weighted by Crippen LogP contribution is 2.21. The molecule has 1 aliphatic rings. The Balaban J connectivity index is 2.00. The number of hydrogen-bond donors (Lipinski definition) is 2. The summed E-state index contributed by atoms with van der Waals surface area (Å²) in [4.78, 5) is 36.3. The number of halogens is 1. The third kappa shape index (κ3) is 4.79. The van der Waals surface area contributed by atoms with Crippen molar-refractivity contribution in [2.24, 2.45) is 5.92 Å². The fourth-order valence-corrected chi connectivity index (χ4v) is 3.14. The highest BCUT2D eigenvalue weighted by Gasteiger charge is 2.24. The Morgan fingerprint density at radius 3 is 2.39 bits per heavy atom. The van der Waals surface area contributed by atoms with Crippen LogP contribution in [0, 0.1) is 5.92 Å². The molecule has 0 radical (unpaired) electrons. The second kappa shape index (κ2) is 7.59. The molecule has 2 amide bonds. The van der Waals surface area contributed by atoms with E-state index >= 15 is 0 Å². The topological polar surface area (TPSA) is 86.7 Å². The second-order valence-electron chi connectivity index (χ2n) is 5.71. The quantitative estimate of drug-likeness (QED) is 0.834. The molecule has 1 aromatic rings. The normalized spacial score (nSPS) is 15.3. The van der Waals surface area contributed by atoms with Crippen LogP contribution in [0.2, 0.25) is 0 Å². The molecule has 1 saturated heterocycles. The SMILES string of the molecule is CC(=O)NCC1CCN(C(=O)c2cc(Br)cc(C(=O)O)c2)CC1. The van der Waals surface area contributed by atoms with E-state index in [1.165, 1.54) is 19.1 Å². The molecule has 1 aliphatic heterocycles. The molecule has 7 heteroatoms. The molecule has 0 aromatic heterocycles. The van der Waals surface area contributed by atoms with Crippen molar-refractivity contribution in [1.29, 1.82) is 0 Å². The molecule has 0 aliphatic carbocycles. The van der Waals surface area contributed by atoms with Crippen LogP contribution >= 0.6 is 15.9 Å². The third-order valence-corrected chi connectivity index (χ3v) is 4.39. The van der Waals surface area contributed by atoms with Gasteiger partial charge in [0, 0.05) is 36.6 Å². The minimum absolute atomic E-state index is 0.0427. The Kier molecular flexibility index (Phi) is 5.76. The zero-order valence-electron chi connectivity index (χ0n) is 12.8. The zero-order valence-corrected chi connectivity index (χ0v) is 14.4. The number of nitrogens with one attached hydrogen (secondary N) is 1. The number of carbonyl (C=O) groups excluding carboxylic acids is 2. The van der Waals surface area contributed by atoms with Gasteiger partial charge in [-0.2, -0.15) is 0 Å². The van der Waals surface area contributed by atoms with Crippen molar-refractivity contribution >= 4 is 33.7 Å². The molecule has 1 aromatic carbocycles. The number of nitrogens with zero attached hydrogens (tertiary/aromatic N) is 1. The molecule has 6 nitrogen and oxygen atoms in total. The molecular formula is C16H19BrN2O4. The number of hydrogen-bond acceptors (Lipinski definition) is 3. The smallest absolute Gasteiger partial charge is 0.335 e. The summed E-state index contributed by atoms with van der Waals surface area (Å²) in [6, 6.07) is 4.51. The molecule has 0 bridgehead atoms. The van der Waals surface area contributed by atoms with Crippen LogP contribution in [-0.4, -0.2) is 47.4 Å². The van der Waals surface area contributed by atoms with Gasteiger partial charge in [0.15, 0.2) is 0 Å². The minimum Gasteiger partial charge on any atom is -0.478 e. The highest BCUT2D eigenvalue weighted by atomic mass is 79.9. The fourth-order valence-electron chi connectivity index (χ4n) is 2.65. The number of aromatic carboxylic acids is 1. The summed E-state index contributed by atoms with van der Waals surface area (Å²) in [5, 5.41) is 11.9. The van der Waals surface area contributed by atoms with Crippen molar-refractivity contribution in [3.8, 4) is 0 Å². The van der Waals surface area contributed by atoms with Crippen LogP contribution < -0.4 is 5.32 Å². The van der Waals surface area contributed by atoms with Crippen LogP contribution in [0.25, 0.3) is 0 Å².